The molecule has 8 heteroatoms. The Morgan fingerprint density at radius 2 is 1.83 bits per heavy atom. The Hall–Kier alpha value is -3.13. The van der Waals surface area contributed by atoms with E-state index in [-0.39, 0.29) is 6.17 Å². The van der Waals surface area contributed by atoms with Crippen LogP contribution in [0.15, 0.2) is 64.7 Å². The second-order valence-corrected chi connectivity index (χ2v) is 10.2. The van der Waals surface area contributed by atoms with Gasteiger partial charge in [-0.2, -0.15) is 10.1 Å². The van der Waals surface area contributed by atoms with Crippen molar-refractivity contribution in [1.82, 2.24) is 14.8 Å². The van der Waals surface area contributed by atoms with Crippen LogP contribution < -0.4 is 9.88 Å². The number of unbranched alkanes of at least 4 members (excludes halogenated alkanes) is 1. The first-order valence-electron chi connectivity index (χ1n) is 12.4. The van der Waals surface area contributed by atoms with Crippen molar-refractivity contribution in [3.8, 4) is 0 Å². The molecule has 1 atom stereocenters. The van der Waals surface area contributed by atoms with E-state index in [1.807, 2.05) is 11.1 Å². The van der Waals surface area contributed by atoms with Gasteiger partial charge in [-0.05, 0) is 36.7 Å². The zero-order chi connectivity index (χ0) is 24.8. The fraction of sp³-hybridized carbons (Fsp3) is 0.407. The molecule has 7 nitrogen and oxygen atoms in total. The zero-order valence-electron chi connectivity index (χ0n) is 21.4. The Balaban J connectivity index is 1.87. The molecule has 0 spiro atoms. The monoisotopic (exact) mass is 490 g/mol. The van der Waals surface area contributed by atoms with E-state index in [0.717, 1.165) is 60.0 Å². The van der Waals surface area contributed by atoms with Crippen LogP contribution in [-0.2, 0) is 6.54 Å². The number of aliphatic imine (C=N–C) groups is 1. The summed E-state index contributed by atoms with van der Waals surface area (Å²) in [4.78, 5) is 4.98. The van der Waals surface area contributed by atoms with Gasteiger partial charge in [-0.1, -0.05) is 85.1 Å². The van der Waals surface area contributed by atoms with Gasteiger partial charge >= 0.3 is 5.95 Å². The summed E-state index contributed by atoms with van der Waals surface area (Å²) in [5.41, 5.74) is 3.57. The predicted octanol–water partition coefficient (Wildman–Crippen LogP) is 5.35. The molecular formula is C27H36N7S+. The van der Waals surface area contributed by atoms with E-state index in [0.29, 0.717) is 0 Å². The summed E-state index contributed by atoms with van der Waals surface area (Å²) < 4.78 is 4.27. The molecule has 35 heavy (non-hydrogen) atoms. The summed E-state index contributed by atoms with van der Waals surface area (Å²) in [7, 11) is 0. The van der Waals surface area contributed by atoms with Crippen molar-refractivity contribution < 1.29 is 4.57 Å². The lowest BCUT2D eigenvalue weighted by molar-refractivity contribution is -0.681. The van der Waals surface area contributed by atoms with Gasteiger partial charge in [-0.25, -0.2) is 14.9 Å². The smallest absolute Gasteiger partial charge is 0.241 e. The first-order valence-corrected chi connectivity index (χ1v) is 13.4. The summed E-state index contributed by atoms with van der Waals surface area (Å²) in [5, 5.41) is 16.6. The zero-order valence-corrected chi connectivity index (χ0v) is 22.2. The molecule has 0 saturated carbocycles. The third-order valence-electron chi connectivity index (χ3n) is 5.95. The first kappa shape index (κ1) is 25.0. The van der Waals surface area contributed by atoms with Gasteiger partial charge in [0, 0.05) is 19.0 Å². The fourth-order valence-corrected chi connectivity index (χ4v) is 4.69. The van der Waals surface area contributed by atoms with Crippen molar-refractivity contribution in [1.29, 1.82) is 0 Å². The highest BCUT2D eigenvalue weighted by Crippen LogP contribution is 2.31. The third kappa shape index (κ3) is 5.75. The summed E-state index contributed by atoms with van der Waals surface area (Å²) in [6.45, 7) is 12.0. The number of hydrogen-bond acceptors (Lipinski definition) is 4. The molecule has 0 saturated heterocycles. The van der Waals surface area contributed by atoms with Crippen LogP contribution in [0.1, 0.15) is 62.3 Å². The molecule has 2 aromatic carbocycles. The van der Waals surface area contributed by atoms with E-state index in [4.69, 9.17) is 15.2 Å². The van der Waals surface area contributed by atoms with Crippen LogP contribution in [-0.4, -0.2) is 38.1 Å². The molecule has 1 aliphatic heterocycles. The molecule has 0 fully saturated rings. The largest absolute Gasteiger partial charge is 0.354 e. The molecule has 0 aliphatic carbocycles. The minimum absolute atomic E-state index is 0.240. The summed E-state index contributed by atoms with van der Waals surface area (Å²) >= 11 is 1.74. The second-order valence-electron chi connectivity index (χ2n) is 8.75. The van der Waals surface area contributed by atoms with Crippen molar-refractivity contribution in [2.24, 2.45) is 10.1 Å². The molecule has 3 aromatic rings. The molecule has 4 rings (SSSR count). The summed E-state index contributed by atoms with van der Waals surface area (Å²) in [6, 6.07) is 19.1. The number of benzene rings is 2. The Bertz CT molecular complexity index is 1180. The average Bonchev–Trinajstić information content (AvgIpc) is 3.15. The van der Waals surface area contributed by atoms with Gasteiger partial charge in [0.1, 0.15) is 0 Å². The Morgan fingerprint density at radius 3 is 2.51 bits per heavy atom. The SMILES string of the molecule is CCCCN=C1Nc2n(nc(C)[n+]2Cc2ccccc2)C(c2ccc(C)cc2)N1/N=C(/C)SCC. The van der Waals surface area contributed by atoms with Crippen LogP contribution >= 0.6 is 11.8 Å². The number of guanidine groups is 1. The van der Waals surface area contributed by atoms with E-state index in [1.165, 1.54) is 11.1 Å². The number of rotatable bonds is 8. The van der Waals surface area contributed by atoms with Crippen molar-refractivity contribution in [3.05, 3.63) is 77.1 Å². The molecule has 1 unspecified atom stereocenters. The number of anilines is 1. The highest BCUT2D eigenvalue weighted by molar-refractivity contribution is 8.13. The number of nitrogens with zero attached hydrogens (tertiary/aromatic N) is 6. The van der Waals surface area contributed by atoms with Gasteiger partial charge < -0.3 is 0 Å². The van der Waals surface area contributed by atoms with E-state index in [2.05, 4.69) is 97.7 Å². The molecule has 1 aliphatic rings. The maximum atomic E-state index is 5.04. The lowest BCUT2D eigenvalue weighted by atomic mass is 10.1. The topological polar surface area (TPSA) is 61.7 Å². The standard InChI is InChI=1S/C27H35N7S/c1-6-8-18-28-26-29-27-32(19-23-12-10-9-11-13-23)21(4)30-34(27)25(24-16-14-20(3)15-17-24)33(26)31-22(5)35-7-2/h9-17,25H,6-8,18-19H2,1-5H3/p+1/b28-26?,31-22-. The maximum absolute atomic E-state index is 5.04. The minimum atomic E-state index is -0.240. The molecule has 0 radical (unpaired) electrons. The van der Waals surface area contributed by atoms with Crippen molar-refractivity contribution >= 4 is 28.7 Å². The number of hydrazone groups is 1. The number of thioether (sulfide) groups is 1. The van der Waals surface area contributed by atoms with Crippen molar-refractivity contribution in [2.45, 2.75) is 60.2 Å². The van der Waals surface area contributed by atoms with E-state index < -0.39 is 0 Å². The van der Waals surface area contributed by atoms with Gasteiger partial charge in [0.05, 0.1) is 11.6 Å². The fourth-order valence-electron chi connectivity index (χ4n) is 4.13. The average molecular weight is 491 g/mol. The van der Waals surface area contributed by atoms with Crippen molar-refractivity contribution in [2.75, 3.05) is 17.6 Å². The molecule has 0 bridgehead atoms. The van der Waals surface area contributed by atoms with Gasteiger partial charge in [0.2, 0.25) is 12.0 Å². The Labute approximate surface area is 213 Å². The molecule has 184 valence electrons. The van der Waals surface area contributed by atoms with Crippen molar-refractivity contribution in [3.63, 3.8) is 0 Å². The lowest BCUT2D eigenvalue weighted by Crippen LogP contribution is -2.50. The van der Waals surface area contributed by atoms with Gasteiger partial charge in [-0.15, -0.1) is 11.8 Å². The molecule has 1 N–H and O–H groups in total. The van der Waals surface area contributed by atoms with Crippen LogP contribution in [0.4, 0.5) is 5.95 Å². The summed E-state index contributed by atoms with van der Waals surface area (Å²) in [5.74, 6) is 3.58. The number of aromatic nitrogens is 3. The Morgan fingerprint density at radius 1 is 1.09 bits per heavy atom. The highest BCUT2D eigenvalue weighted by Gasteiger charge is 2.42. The second kappa shape index (κ2) is 11.5. The summed E-state index contributed by atoms with van der Waals surface area (Å²) in [6.07, 6.45) is 1.88. The maximum Gasteiger partial charge on any atom is 0.354 e. The van der Waals surface area contributed by atoms with Crippen LogP contribution in [0.5, 0.6) is 0 Å². The van der Waals surface area contributed by atoms with E-state index in [1.54, 1.807) is 11.8 Å². The van der Waals surface area contributed by atoms with Crippen LogP contribution in [0.2, 0.25) is 0 Å². The Kier molecular flexibility index (Phi) is 8.23. The number of aryl methyl sites for hydroxylation is 2. The normalized spacial score (nSPS) is 16.9. The van der Waals surface area contributed by atoms with Crippen LogP contribution in [0, 0.1) is 13.8 Å². The highest BCUT2D eigenvalue weighted by atomic mass is 32.2. The molecule has 0 amide bonds. The molecule has 2 heterocycles. The number of hydrogen-bond donors (Lipinski definition) is 1. The van der Waals surface area contributed by atoms with E-state index >= 15 is 0 Å². The van der Waals surface area contributed by atoms with Crippen LogP contribution in [0.3, 0.4) is 0 Å². The lowest BCUT2D eigenvalue weighted by Gasteiger charge is -2.31. The number of nitrogens with one attached hydrogen (secondary N) is 1. The third-order valence-corrected chi connectivity index (χ3v) is 6.74. The van der Waals surface area contributed by atoms with Gasteiger partial charge in [0.25, 0.3) is 5.96 Å². The minimum Gasteiger partial charge on any atom is -0.241 e. The van der Waals surface area contributed by atoms with Gasteiger partial charge in [0.15, 0.2) is 0 Å². The first-order chi connectivity index (χ1) is 17.0. The molecule has 1 aromatic heterocycles. The number of fused-ring (bicyclic) bond motifs is 1. The predicted molar refractivity (Wildman–Crippen MR) is 146 cm³/mol. The van der Waals surface area contributed by atoms with Crippen LogP contribution in [0.25, 0.3) is 0 Å². The quantitative estimate of drug-likeness (QED) is 0.200. The van der Waals surface area contributed by atoms with Gasteiger partial charge in [-0.3, -0.25) is 0 Å². The molecular weight excluding hydrogens is 454 g/mol. The van der Waals surface area contributed by atoms with E-state index in [9.17, 15) is 0 Å².